The normalized spacial score (nSPS) is 17.0. The Balaban J connectivity index is 1.36. The number of aromatic nitrogens is 1. The molecule has 1 unspecified atom stereocenters. The minimum Gasteiger partial charge on any atom is -0.357 e. The van der Waals surface area contributed by atoms with Gasteiger partial charge in [-0.1, -0.05) is 24.3 Å². The fourth-order valence-electron chi connectivity index (χ4n) is 4.07. The van der Waals surface area contributed by atoms with Crippen LogP contribution in [0.2, 0.25) is 0 Å². The Morgan fingerprint density at radius 2 is 1.93 bits per heavy atom. The summed E-state index contributed by atoms with van der Waals surface area (Å²) in [5, 5.41) is 5.96. The van der Waals surface area contributed by atoms with E-state index < -0.39 is 0 Å². The molecule has 2 aliphatic rings. The zero-order valence-electron chi connectivity index (χ0n) is 16.0. The van der Waals surface area contributed by atoms with E-state index in [4.69, 9.17) is 0 Å². The summed E-state index contributed by atoms with van der Waals surface area (Å²) in [5.41, 5.74) is 5.89. The predicted molar refractivity (Wildman–Crippen MR) is 110 cm³/mol. The average Bonchev–Trinajstić information content (AvgIpc) is 3.31. The molecule has 1 aliphatic carbocycles. The van der Waals surface area contributed by atoms with Gasteiger partial charge in [-0.15, -0.1) is 0 Å². The van der Waals surface area contributed by atoms with Gasteiger partial charge < -0.3 is 15.5 Å². The lowest BCUT2D eigenvalue weighted by molar-refractivity contribution is 0.250. The molecule has 1 saturated heterocycles. The highest BCUT2D eigenvalue weighted by Crippen LogP contribution is 2.33. The summed E-state index contributed by atoms with van der Waals surface area (Å²) >= 11 is 0. The van der Waals surface area contributed by atoms with Gasteiger partial charge in [-0.2, -0.15) is 0 Å². The molecule has 2 heterocycles. The number of fused-ring (bicyclic) bond motifs is 1. The molecule has 0 radical (unpaired) electrons. The molecule has 1 aromatic carbocycles. The molecule has 0 spiro atoms. The van der Waals surface area contributed by atoms with Crippen molar-refractivity contribution in [2.75, 3.05) is 23.3 Å². The summed E-state index contributed by atoms with van der Waals surface area (Å²) in [7, 11) is 0. The summed E-state index contributed by atoms with van der Waals surface area (Å²) in [6.45, 7) is 6.31. The Bertz CT molecular complexity index is 866. The van der Waals surface area contributed by atoms with E-state index in [9.17, 15) is 4.79 Å². The number of rotatable bonds is 4. The molecule has 5 nitrogen and oxygen atoms in total. The van der Waals surface area contributed by atoms with Crippen molar-refractivity contribution >= 4 is 23.1 Å². The van der Waals surface area contributed by atoms with Gasteiger partial charge >= 0.3 is 6.03 Å². The van der Waals surface area contributed by atoms with E-state index in [0.717, 1.165) is 25.3 Å². The molecule has 5 heteroatoms. The Morgan fingerprint density at radius 3 is 2.63 bits per heavy atom. The van der Waals surface area contributed by atoms with Crippen LogP contribution in [0.15, 0.2) is 48.2 Å². The molecule has 2 N–H and O–H groups in total. The number of carbonyl (C=O) groups excluding carboxylic acids is 1. The second-order valence-electron chi connectivity index (χ2n) is 7.40. The highest BCUT2D eigenvalue weighted by molar-refractivity contribution is 5.90. The van der Waals surface area contributed by atoms with Crippen molar-refractivity contribution in [1.29, 1.82) is 0 Å². The van der Waals surface area contributed by atoms with Gasteiger partial charge in [0.1, 0.15) is 5.82 Å². The Kier molecular flexibility index (Phi) is 4.84. The quantitative estimate of drug-likeness (QED) is 0.856. The topological polar surface area (TPSA) is 57.3 Å². The lowest BCUT2D eigenvalue weighted by Crippen LogP contribution is -2.37. The van der Waals surface area contributed by atoms with Gasteiger partial charge in [-0.25, -0.2) is 9.78 Å². The number of carbonyl (C=O) groups is 1. The molecule has 1 aromatic heterocycles. The van der Waals surface area contributed by atoms with Crippen LogP contribution in [-0.2, 0) is 6.42 Å². The van der Waals surface area contributed by atoms with Crippen LogP contribution >= 0.6 is 0 Å². The second kappa shape index (κ2) is 7.43. The molecule has 2 aromatic rings. The van der Waals surface area contributed by atoms with Crippen molar-refractivity contribution in [3.63, 3.8) is 0 Å². The lowest BCUT2D eigenvalue weighted by Gasteiger charge is -2.18. The molecule has 27 heavy (non-hydrogen) atoms. The number of benzene rings is 1. The Hall–Kier alpha value is -2.82. The Morgan fingerprint density at radius 1 is 1.15 bits per heavy atom. The molecule has 1 aliphatic heterocycles. The first-order valence-electron chi connectivity index (χ1n) is 9.68. The van der Waals surface area contributed by atoms with E-state index in [0.29, 0.717) is 5.69 Å². The van der Waals surface area contributed by atoms with Gasteiger partial charge in [0, 0.05) is 19.1 Å². The highest BCUT2D eigenvalue weighted by atomic mass is 16.2. The van der Waals surface area contributed by atoms with Crippen LogP contribution in [0, 0.1) is 0 Å². The molecule has 4 rings (SSSR count). The summed E-state index contributed by atoms with van der Waals surface area (Å²) in [6, 6.07) is 12.1. The predicted octanol–water partition coefficient (Wildman–Crippen LogP) is 4.22. The van der Waals surface area contributed by atoms with Gasteiger partial charge in [0.2, 0.25) is 0 Å². The summed E-state index contributed by atoms with van der Waals surface area (Å²) in [6.07, 6.45) is 5.08. The van der Waals surface area contributed by atoms with E-state index in [2.05, 4.69) is 51.7 Å². The molecule has 140 valence electrons. The molecule has 0 bridgehead atoms. The van der Waals surface area contributed by atoms with Crippen molar-refractivity contribution in [3.05, 3.63) is 59.3 Å². The van der Waals surface area contributed by atoms with E-state index in [-0.39, 0.29) is 12.1 Å². The second-order valence-corrected chi connectivity index (χ2v) is 7.40. The van der Waals surface area contributed by atoms with Gasteiger partial charge in [0.15, 0.2) is 0 Å². The minimum atomic E-state index is -0.200. The molecule has 1 fully saturated rings. The van der Waals surface area contributed by atoms with Crippen LogP contribution < -0.4 is 15.5 Å². The van der Waals surface area contributed by atoms with Crippen LogP contribution in [0.3, 0.4) is 0 Å². The molecule has 1 atom stereocenters. The maximum absolute atomic E-state index is 12.4. The standard InChI is InChI=1S/C22H26N4O/c1-15-19-8-4-3-7-17(19)13-20(15)16(2)24-22(27)25-18-9-10-21(23-14-18)26-11-5-6-12-26/h3-4,7-10,14,16H,5-6,11-13H2,1-2H3,(H2,24,25,27). The van der Waals surface area contributed by atoms with Crippen molar-refractivity contribution in [3.8, 4) is 0 Å². The van der Waals surface area contributed by atoms with Crippen LogP contribution in [0.25, 0.3) is 5.57 Å². The molecule has 0 saturated carbocycles. The average molecular weight is 362 g/mol. The van der Waals surface area contributed by atoms with E-state index >= 15 is 0 Å². The van der Waals surface area contributed by atoms with Gasteiger partial charge in [0.25, 0.3) is 0 Å². The highest BCUT2D eigenvalue weighted by Gasteiger charge is 2.23. The number of amides is 2. The maximum atomic E-state index is 12.4. The van der Waals surface area contributed by atoms with Gasteiger partial charge in [-0.3, -0.25) is 0 Å². The van der Waals surface area contributed by atoms with Crippen LogP contribution in [0.5, 0.6) is 0 Å². The summed E-state index contributed by atoms with van der Waals surface area (Å²) < 4.78 is 0. The fraction of sp³-hybridized carbons (Fsp3) is 0.364. The SMILES string of the molecule is CC1=C(C(C)NC(=O)Nc2ccc(N3CCCC3)nc2)Cc2ccccc21. The number of hydrogen-bond acceptors (Lipinski definition) is 3. The third kappa shape index (κ3) is 3.68. The van der Waals surface area contributed by atoms with Gasteiger partial charge in [0.05, 0.1) is 11.9 Å². The number of allylic oxidation sites excluding steroid dienone is 1. The van der Waals surface area contributed by atoms with Crippen molar-refractivity contribution in [2.24, 2.45) is 0 Å². The first-order valence-corrected chi connectivity index (χ1v) is 9.68. The summed E-state index contributed by atoms with van der Waals surface area (Å²) in [4.78, 5) is 19.2. The smallest absolute Gasteiger partial charge is 0.319 e. The van der Waals surface area contributed by atoms with Crippen molar-refractivity contribution in [2.45, 2.75) is 39.2 Å². The zero-order valence-corrected chi connectivity index (χ0v) is 16.0. The fourth-order valence-corrected chi connectivity index (χ4v) is 4.07. The van der Waals surface area contributed by atoms with Crippen molar-refractivity contribution in [1.82, 2.24) is 10.3 Å². The minimum absolute atomic E-state index is 0.0192. The number of pyridine rings is 1. The van der Waals surface area contributed by atoms with E-state index in [1.165, 1.54) is 35.1 Å². The van der Waals surface area contributed by atoms with Crippen LogP contribution in [0.1, 0.15) is 37.8 Å². The molecular formula is C22H26N4O. The molecular weight excluding hydrogens is 336 g/mol. The van der Waals surface area contributed by atoms with Crippen molar-refractivity contribution < 1.29 is 4.79 Å². The third-order valence-corrected chi connectivity index (χ3v) is 5.59. The molecule has 2 amide bonds. The maximum Gasteiger partial charge on any atom is 0.319 e. The van der Waals surface area contributed by atoms with Gasteiger partial charge in [-0.05, 0) is 67.5 Å². The van der Waals surface area contributed by atoms with E-state index in [1.807, 2.05) is 19.1 Å². The van der Waals surface area contributed by atoms with Crippen LogP contribution in [-0.4, -0.2) is 30.1 Å². The van der Waals surface area contributed by atoms with E-state index in [1.54, 1.807) is 6.20 Å². The lowest BCUT2D eigenvalue weighted by atomic mass is 10.0. The number of hydrogen-bond donors (Lipinski definition) is 2. The summed E-state index contributed by atoms with van der Waals surface area (Å²) in [5.74, 6) is 0.983. The first kappa shape index (κ1) is 17.6. The first-order chi connectivity index (χ1) is 13.1. The number of nitrogens with zero attached hydrogens (tertiary/aromatic N) is 2. The number of urea groups is 1. The monoisotopic (exact) mass is 362 g/mol. The van der Waals surface area contributed by atoms with Crippen LogP contribution in [0.4, 0.5) is 16.3 Å². The zero-order chi connectivity index (χ0) is 18.8. The largest absolute Gasteiger partial charge is 0.357 e. The Labute approximate surface area is 160 Å². The number of anilines is 2. The third-order valence-electron chi connectivity index (χ3n) is 5.59. The number of nitrogens with one attached hydrogen (secondary N) is 2.